The smallest absolute Gasteiger partial charge is 0.243 e. The number of pyridine rings is 1. The van der Waals surface area contributed by atoms with E-state index in [1.54, 1.807) is 30.5 Å². The molecule has 7 heteroatoms. The molecule has 4 rings (SSSR count). The number of aromatic nitrogens is 1. The predicted molar refractivity (Wildman–Crippen MR) is 111 cm³/mol. The Morgan fingerprint density at radius 2 is 2.00 bits per heavy atom. The van der Waals surface area contributed by atoms with E-state index in [0.29, 0.717) is 31.9 Å². The molecule has 0 bridgehead atoms. The van der Waals surface area contributed by atoms with Gasteiger partial charge in [-0.05, 0) is 30.5 Å². The highest BCUT2D eigenvalue weighted by Crippen LogP contribution is 2.50. The average Bonchev–Trinajstić information content (AvgIpc) is 3.49. The number of methoxy groups -OCH3 is 1. The van der Waals surface area contributed by atoms with Crippen molar-refractivity contribution in [2.45, 2.75) is 36.8 Å². The Labute approximate surface area is 176 Å². The van der Waals surface area contributed by atoms with Crippen molar-refractivity contribution >= 4 is 11.8 Å². The monoisotopic (exact) mass is 409 g/mol. The van der Waals surface area contributed by atoms with Gasteiger partial charge in [0.2, 0.25) is 11.8 Å². The van der Waals surface area contributed by atoms with Gasteiger partial charge in [-0.25, -0.2) is 0 Å². The molecule has 2 fully saturated rings. The van der Waals surface area contributed by atoms with E-state index in [-0.39, 0.29) is 17.9 Å². The van der Waals surface area contributed by atoms with Crippen molar-refractivity contribution in [3.63, 3.8) is 0 Å². The van der Waals surface area contributed by atoms with Gasteiger partial charge in [0.25, 0.3) is 0 Å². The molecule has 0 unspecified atom stereocenters. The Kier molecular flexibility index (Phi) is 5.99. The van der Waals surface area contributed by atoms with Crippen molar-refractivity contribution in [3.05, 3.63) is 60.4 Å². The molecule has 2 aliphatic rings. The summed E-state index contributed by atoms with van der Waals surface area (Å²) in [6.45, 7) is 1.21. The van der Waals surface area contributed by atoms with Crippen molar-refractivity contribution in [1.82, 2.24) is 15.2 Å². The van der Waals surface area contributed by atoms with E-state index in [9.17, 15) is 9.59 Å². The number of ether oxygens (including phenoxy) is 2. The Hall–Kier alpha value is -2.93. The highest BCUT2D eigenvalue weighted by molar-refractivity contribution is 5.95. The molecule has 1 aliphatic heterocycles. The zero-order valence-electron chi connectivity index (χ0n) is 17.1. The van der Waals surface area contributed by atoms with E-state index in [0.717, 1.165) is 18.4 Å². The van der Waals surface area contributed by atoms with Gasteiger partial charge in [-0.15, -0.1) is 0 Å². The van der Waals surface area contributed by atoms with Crippen LogP contribution in [0.2, 0.25) is 0 Å². The number of nitrogens with one attached hydrogen (secondary N) is 1. The topological polar surface area (TPSA) is 80.8 Å². The Morgan fingerprint density at radius 3 is 2.67 bits per heavy atom. The van der Waals surface area contributed by atoms with E-state index in [2.05, 4.69) is 10.3 Å². The van der Waals surface area contributed by atoms with Gasteiger partial charge < -0.3 is 19.7 Å². The maximum absolute atomic E-state index is 13.6. The summed E-state index contributed by atoms with van der Waals surface area (Å²) in [4.78, 5) is 32.3. The molecule has 1 saturated carbocycles. The van der Waals surface area contributed by atoms with E-state index in [1.807, 2.05) is 36.4 Å². The van der Waals surface area contributed by atoms with Crippen LogP contribution in [0.3, 0.4) is 0 Å². The van der Waals surface area contributed by atoms with Gasteiger partial charge in [-0.2, -0.15) is 0 Å². The van der Waals surface area contributed by atoms with Crippen molar-refractivity contribution < 1.29 is 19.1 Å². The fourth-order valence-electron chi connectivity index (χ4n) is 4.14. The molecule has 1 aromatic heterocycles. The minimum Gasteiger partial charge on any atom is -0.487 e. The molecule has 2 aromatic rings. The zero-order valence-corrected chi connectivity index (χ0v) is 17.1. The number of amides is 2. The maximum Gasteiger partial charge on any atom is 0.243 e. The molecule has 1 N–H and O–H groups in total. The molecule has 7 nitrogen and oxygen atoms in total. The number of carbonyl (C=O) groups is 2. The third-order valence-electron chi connectivity index (χ3n) is 5.85. The van der Waals surface area contributed by atoms with Gasteiger partial charge in [-0.1, -0.05) is 30.3 Å². The highest BCUT2D eigenvalue weighted by atomic mass is 16.5. The quantitative estimate of drug-likeness (QED) is 0.674. The lowest BCUT2D eigenvalue weighted by molar-refractivity contribution is -0.140. The van der Waals surface area contributed by atoms with Gasteiger partial charge in [-0.3, -0.25) is 14.6 Å². The third-order valence-corrected chi connectivity index (χ3v) is 5.85. The summed E-state index contributed by atoms with van der Waals surface area (Å²) in [6.07, 6.45) is 5.12. The predicted octanol–water partition coefficient (Wildman–Crippen LogP) is 1.92. The molecule has 1 saturated heterocycles. The minimum atomic E-state index is -0.558. The highest BCUT2D eigenvalue weighted by Gasteiger charge is 2.56. The molecule has 158 valence electrons. The largest absolute Gasteiger partial charge is 0.487 e. The van der Waals surface area contributed by atoms with Gasteiger partial charge in [0, 0.05) is 26.3 Å². The van der Waals surface area contributed by atoms with Crippen LogP contribution >= 0.6 is 0 Å². The zero-order chi connectivity index (χ0) is 21.0. The number of rotatable bonds is 8. The number of nitrogens with zero attached hydrogens (tertiary/aromatic N) is 2. The van der Waals surface area contributed by atoms with Crippen LogP contribution in [0, 0.1) is 0 Å². The van der Waals surface area contributed by atoms with E-state index >= 15 is 0 Å². The summed E-state index contributed by atoms with van der Waals surface area (Å²) in [5, 5.41) is 2.88. The maximum atomic E-state index is 13.6. The first-order valence-electron chi connectivity index (χ1n) is 10.3. The van der Waals surface area contributed by atoms with Crippen LogP contribution in [0.15, 0.2) is 54.9 Å². The molecule has 2 amide bonds. The molecule has 2 heterocycles. The summed E-state index contributed by atoms with van der Waals surface area (Å²) in [6, 6.07) is 12.9. The Morgan fingerprint density at radius 1 is 1.20 bits per heavy atom. The molecule has 2 atom stereocenters. The van der Waals surface area contributed by atoms with Gasteiger partial charge >= 0.3 is 0 Å². The molecule has 1 aliphatic carbocycles. The fourth-order valence-corrected chi connectivity index (χ4v) is 4.14. The standard InChI is InChI=1S/C23H27N3O4/c1-29-13-12-25-21(27)20-14-19(30-18-8-5-11-24-15-18)16-26(20)22(28)23(9-10-23)17-6-3-2-4-7-17/h2-8,11,15,19-20H,9-10,12-14,16H2,1H3,(H,25,27)/t19-,20-/m0/s1. The van der Waals surface area contributed by atoms with E-state index in [4.69, 9.17) is 9.47 Å². The number of carbonyl (C=O) groups excluding carboxylic acids is 2. The second kappa shape index (κ2) is 8.83. The van der Waals surface area contributed by atoms with Gasteiger partial charge in [0.15, 0.2) is 0 Å². The number of likely N-dealkylation sites (tertiary alicyclic amines) is 1. The summed E-state index contributed by atoms with van der Waals surface area (Å²) in [5.41, 5.74) is 0.500. The Bertz CT molecular complexity index is 871. The number of benzene rings is 1. The van der Waals surface area contributed by atoms with Crippen LogP contribution in [0.5, 0.6) is 5.75 Å². The normalized spacial score (nSPS) is 21.8. The lowest BCUT2D eigenvalue weighted by Gasteiger charge is -2.28. The van der Waals surface area contributed by atoms with Crippen molar-refractivity contribution in [2.24, 2.45) is 0 Å². The van der Waals surface area contributed by atoms with Crippen LogP contribution in [0.1, 0.15) is 24.8 Å². The number of hydrogen-bond donors (Lipinski definition) is 1. The first-order valence-corrected chi connectivity index (χ1v) is 10.3. The lowest BCUT2D eigenvalue weighted by atomic mass is 9.94. The van der Waals surface area contributed by atoms with E-state index in [1.165, 1.54) is 0 Å². The molecule has 30 heavy (non-hydrogen) atoms. The van der Waals surface area contributed by atoms with Crippen molar-refractivity contribution in [1.29, 1.82) is 0 Å². The van der Waals surface area contributed by atoms with Crippen LogP contribution in [0.25, 0.3) is 0 Å². The van der Waals surface area contributed by atoms with Gasteiger partial charge in [0.05, 0.1) is 24.8 Å². The SMILES string of the molecule is COCCNC(=O)[C@@H]1C[C@H](Oc2cccnc2)CN1C(=O)C1(c2ccccc2)CC1. The second-order valence-corrected chi connectivity index (χ2v) is 7.87. The summed E-state index contributed by atoms with van der Waals surface area (Å²) < 4.78 is 11.1. The van der Waals surface area contributed by atoms with Crippen LogP contribution in [-0.4, -0.2) is 60.7 Å². The first kappa shape index (κ1) is 20.3. The second-order valence-electron chi connectivity index (χ2n) is 7.87. The minimum absolute atomic E-state index is 0.0119. The molecule has 0 radical (unpaired) electrons. The lowest BCUT2D eigenvalue weighted by Crippen LogP contribution is -2.49. The van der Waals surface area contributed by atoms with Crippen molar-refractivity contribution in [3.8, 4) is 5.75 Å². The summed E-state index contributed by atoms with van der Waals surface area (Å²) in [5.74, 6) is 0.485. The summed E-state index contributed by atoms with van der Waals surface area (Å²) in [7, 11) is 1.59. The van der Waals surface area contributed by atoms with Crippen LogP contribution in [0.4, 0.5) is 0 Å². The van der Waals surface area contributed by atoms with Crippen molar-refractivity contribution in [2.75, 3.05) is 26.8 Å². The molecular formula is C23H27N3O4. The average molecular weight is 409 g/mol. The number of hydrogen-bond acceptors (Lipinski definition) is 5. The molecular weight excluding hydrogens is 382 g/mol. The van der Waals surface area contributed by atoms with E-state index < -0.39 is 11.5 Å². The van der Waals surface area contributed by atoms with Crippen LogP contribution in [-0.2, 0) is 19.7 Å². The van der Waals surface area contributed by atoms with Gasteiger partial charge in [0.1, 0.15) is 17.9 Å². The van der Waals surface area contributed by atoms with Crippen LogP contribution < -0.4 is 10.1 Å². The Balaban J connectivity index is 1.53. The molecule has 0 spiro atoms. The summed E-state index contributed by atoms with van der Waals surface area (Å²) >= 11 is 0. The fraction of sp³-hybridized carbons (Fsp3) is 0.435. The first-order chi connectivity index (χ1) is 14.6. The molecule has 1 aromatic carbocycles. The third kappa shape index (κ3) is 4.16.